The maximum atomic E-state index is 11.1. The molecule has 2 aliphatic rings. The van der Waals surface area contributed by atoms with Crippen LogP contribution < -0.4 is 15.8 Å². The van der Waals surface area contributed by atoms with Crippen LogP contribution in [-0.2, 0) is 6.54 Å². The van der Waals surface area contributed by atoms with Gasteiger partial charge in [-0.25, -0.2) is 4.68 Å². The van der Waals surface area contributed by atoms with Crippen molar-refractivity contribution in [3.63, 3.8) is 0 Å². The number of nitrogens with one attached hydrogen (secondary N) is 1. The summed E-state index contributed by atoms with van der Waals surface area (Å²) in [6.07, 6.45) is 10.9. The summed E-state index contributed by atoms with van der Waals surface area (Å²) in [5, 5.41) is 7.73. The van der Waals surface area contributed by atoms with Crippen LogP contribution in [0.25, 0.3) is 16.8 Å². The lowest BCUT2D eigenvalue weighted by Gasteiger charge is -2.21. The highest BCUT2D eigenvalue weighted by atomic mass is 16.5. The average molecular weight is 473 g/mol. The Morgan fingerprint density at radius 1 is 1.17 bits per heavy atom. The van der Waals surface area contributed by atoms with Gasteiger partial charge in [0.2, 0.25) is 5.88 Å². The van der Waals surface area contributed by atoms with E-state index >= 15 is 0 Å². The number of aliphatic imine (C=N–C) groups is 1. The maximum Gasteiger partial charge on any atom is 0.220 e. The molecule has 4 heterocycles. The summed E-state index contributed by atoms with van der Waals surface area (Å²) in [6, 6.07) is 16.0. The summed E-state index contributed by atoms with van der Waals surface area (Å²) >= 11 is 0. The Morgan fingerprint density at radius 2 is 2.03 bits per heavy atom. The van der Waals surface area contributed by atoms with Crippen LogP contribution >= 0.6 is 0 Å². The first-order chi connectivity index (χ1) is 17.3. The number of aldehydes is 1. The molecule has 182 valence electrons. The fourth-order valence-electron chi connectivity index (χ4n) is 4.12. The predicted molar refractivity (Wildman–Crippen MR) is 139 cm³/mol. The van der Waals surface area contributed by atoms with Crippen molar-refractivity contribution in [3.8, 4) is 17.0 Å². The summed E-state index contributed by atoms with van der Waals surface area (Å²) in [6.45, 7) is 3.44. The fourth-order valence-corrected chi connectivity index (χ4v) is 4.12. The van der Waals surface area contributed by atoms with Crippen LogP contribution in [0.1, 0.15) is 41.9 Å². The summed E-state index contributed by atoms with van der Waals surface area (Å²) in [4.78, 5) is 19.7. The zero-order chi connectivity index (χ0) is 24.3. The molecule has 8 nitrogen and oxygen atoms in total. The van der Waals surface area contributed by atoms with Crippen molar-refractivity contribution in [2.75, 3.05) is 19.7 Å². The van der Waals surface area contributed by atoms with E-state index in [0.29, 0.717) is 29.9 Å². The van der Waals surface area contributed by atoms with E-state index in [4.69, 9.17) is 10.5 Å². The molecule has 3 N–H and O–H groups in total. The molecule has 1 fully saturated rings. The Kier molecular flexibility index (Phi) is 8.78. The molecule has 2 aliphatic heterocycles. The molecule has 1 aromatic carbocycles. The Hall–Kier alpha value is -3.78. The van der Waals surface area contributed by atoms with E-state index < -0.39 is 0 Å². The van der Waals surface area contributed by atoms with Gasteiger partial charge in [0.1, 0.15) is 5.69 Å². The van der Waals surface area contributed by atoms with Gasteiger partial charge in [-0.3, -0.25) is 14.8 Å². The van der Waals surface area contributed by atoms with Crippen molar-refractivity contribution in [1.29, 1.82) is 0 Å². The third-order valence-electron chi connectivity index (χ3n) is 5.92. The molecule has 1 saturated heterocycles. The first kappa shape index (κ1) is 24.3. The van der Waals surface area contributed by atoms with Crippen molar-refractivity contribution in [3.05, 3.63) is 72.2 Å². The molecule has 35 heavy (non-hydrogen) atoms. The minimum absolute atomic E-state index is 0.452. The van der Waals surface area contributed by atoms with Gasteiger partial charge in [0.05, 0.1) is 30.1 Å². The highest BCUT2D eigenvalue weighted by molar-refractivity contribution is 5.88. The summed E-state index contributed by atoms with van der Waals surface area (Å²) in [7, 11) is 0. The van der Waals surface area contributed by atoms with E-state index in [2.05, 4.69) is 20.4 Å². The van der Waals surface area contributed by atoms with Gasteiger partial charge >= 0.3 is 0 Å². The van der Waals surface area contributed by atoms with Crippen LogP contribution in [0.3, 0.4) is 0 Å². The van der Waals surface area contributed by atoms with E-state index in [-0.39, 0.29) is 0 Å². The molecule has 8 heteroatoms. The van der Waals surface area contributed by atoms with E-state index in [1.807, 2.05) is 54.6 Å². The number of ether oxygens (including phenoxy) is 1. The second-order valence-corrected chi connectivity index (χ2v) is 8.47. The molecule has 0 unspecified atom stereocenters. The molecular formula is C27H32N6O2. The van der Waals surface area contributed by atoms with Crippen molar-refractivity contribution < 1.29 is 9.53 Å². The first-order valence-electron chi connectivity index (χ1n) is 12.1. The summed E-state index contributed by atoms with van der Waals surface area (Å²) in [5.41, 5.74) is 9.57. The van der Waals surface area contributed by atoms with E-state index in [1.54, 1.807) is 17.1 Å². The van der Waals surface area contributed by atoms with Gasteiger partial charge in [0.25, 0.3) is 0 Å². The number of fused-ring (bicyclic) bond motifs is 1. The van der Waals surface area contributed by atoms with Crippen molar-refractivity contribution in [2.24, 2.45) is 10.7 Å². The minimum Gasteiger partial charge on any atom is -0.477 e. The number of aromatic nitrogens is 3. The van der Waals surface area contributed by atoms with Crippen molar-refractivity contribution in [2.45, 2.75) is 38.3 Å². The lowest BCUT2D eigenvalue weighted by molar-refractivity contribution is 0.111. The molecule has 0 saturated carbocycles. The van der Waals surface area contributed by atoms with Gasteiger partial charge in [-0.1, -0.05) is 42.8 Å². The molecule has 0 amide bonds. The number of carbonyl (C=O) groups excluding carboxylic acids is 1. The first-order valence-corrected chi connectivity index (χ1v) is 12.1. The molecule has 1 atom stereocenters. The quantitative estimate of drug-likeness (QED) is 0.418. The topological polar surface area (TPSA) is 107 Å². The largest absolute Gasteiger partial charge is 0.477 e. The number of benzene rings is 1. The third kappa shape index (κ3) is 6.64. The summed E-state index contributed by atoms with van der Waals surface area (Å²) in [5.74, 6) is 0.713. The normalized spacial score (nSPS) is 17.7. The number of nitrogens with zero attached hydrogens (tertiary/aromatic N) is 4. The highest BCUT2D eigenvalue weighted by Gasteiger charge is 2.22. The van der Waals surface area contributed by atoms with Crippen LogP contribution in [0.5, 0.6) is 5.88 Å². The Bertz CT molecular complexity index is 1140. The van der Waals surface area contributed by atoms with Crippen LogP contribution in [0.15, 0.2) is 65.8 Å². The fraction of sp³-hybridized carbons (Fsp3) is 0.333. The Morgan fingerprint density at radius 3 is 2.77 bits per heavy atom. The molecular weight excluding hydrogens is 440 g/mol. The van der Waals surface area contributed by atoms with E-state index in [0.717, 1.165) is 49.2 Å². The molecule has 0 radical (unpaired) electrons. The van der Waals surface area contributed by atoms with Gasteiger partial charge in [-0.15, -0.1) is 0 Å². The number of piperidine rings is 1. The van der Waals surface area contributed by atoms with E-state index in [1.165, 1.54) is 19.3 Å². The standard InChI is InChI=1S/C14H20N4.C13H12N2O2/c15-13(14-6-2-4-9-18-14)7-10-16-11-12-5-1-3-8-17-12;16-9-11-12(10-5-2-1-3-6-10)13-15(14-11)7-4-8-17-13/h2,4,6-7,9-10,12,17H,1,3,5,8,11,15H2;1-3,5-6,9H,4,7-8H2/b13-7-,16-10?;/t12-;/m0./s1. The molecule has 5 rings (SSSR count). The van der Waals surface area contributed by atoms with Gasteiger partial charge in [0, 0.05) is 31.4 Å². The number of rotatable bonds is 6. The van der Waals surface area contributed by atoms with Gasteiger partial charge in [-0.2, -0.15) is 5.10 Å². The second-order valence-electron chi connectivity index (χ2n) is 8.47. The van der Waals surface area contributed by atoms with Crippen LogP contribution in [-0.4, -0.2) is 53.0 Å². The van der Waals surface area contributed by atoms with Gasteiger partial charge in [0.15, 0.2) is 6.29 Å². The molecule has 0 aliphatic carbocycles. The monoisotopic (exact) mass is 472 g/mol. The highest BCUT2D eigenvalue weighted by Crippen LogP contribution is 2.34. The predicted octanol–water partition coefficient (Wildman–Crippen LogP) is 3.74. The number of hydrogen-bond acceptors (Lipinski definition) is 7. The summed E-state index contributed by atoms with van der Waals surface area (Å²) < 4.78 is 7.41. The molecule has 3 aromatic rings. The number of carbonyl (C=O) groups is 1. The van der Waals surface area contributed by atoms with Crippen molar-refractivity contribution in [1.82, 2.24) is 20.1 Å². The maximum absolute atomic E-state index is 11.1. The van der Waals surface area contributed by atoms with Crippen LogP contribution in [0, 0.1) is 0 Å². The third-order valence-corrected chi connectivity index (χ3v) is 5.92. The second kappa shape index (κ2) is 12.6. The number of nitrogens with two attached hydrogens (primary N) is 1. The average Bonchev–Trinajstić information content (AvgIpc) is 3.32. The number of pyridine rings is 1. The Labute approximate surface area is 205 Å². The van der Waals surface area contributed by atoms with Crippen LogP contribution in [0.2, 0.25) is 0 Å². The van der Waals surface area contributed by atoms with Crippen LogP contribution in [0.4, 0.5) is 0 Å². The smallest absolute Gasteiger partial charge is 0.220 e. The van der Waals surface area contributed by atoms with E-state index in [9.17, 15) is 4.79 Å². The lowest BCUT2D eigenvalue weighted by Crippen LogP contribution is -2.36. The number of allylic oxidation sites excluding steroid dienone is 1. The SMILES string of the molecule is N/C(=C\C=NC[C@@H]1CCCCN1)c1ccccn1.O=Cc1nn2c(c1-c1ccccc1)OCCC2. The number of aryl methyl sites for hydroxylation is 1. The number of hydrogen-bond donors (Lipinski definition) is 2. The Balaban J connectivity index is 0.000000165. The zero-order valence-electron chi connectivity index (χ0n) is 19.8. The molecule has 0 bridgehead atoms. The zero-order valence-corrected chi connectivity index (χ0v) is 19.8. The van der Waals surface area contributed by atoms with Gasteiger partial charge in [-0.05, 0) is 43.2 Å². The minimum atomic E-state index is 0.452. The van der Waals surface area contributed by atoms with Crippen molar-refractivity contribution >= 4 is 18.2 Å². The molecule has 0 spiro atoms. The van der Waals surface area contributed by atoms with Gasteiger partial charge < -0.3 is 15.8 Å². The molecule has 2 aromatic heterocycles. The lowest BCUT2D eigenvalue weighted by atomic mass is 10.1.